The molecule has 0 saturated heterocycles. The summed E-state index contributed by atoms with van der Waals surface area (Å²) in [5, 5.41) is 9.62. The molecule has 0 atom stereocenters. The molecule has 3 aromatic rings. The van der Waals surface area contributed by atoms with Crippen LogP contribution in [0.5, 0.6) is 11.5 Å². The summed E-state index contributed by atoms with van der Waals surface area (Å²) in [6.45, 7) is 0.227. The van der Waals surface area contributed by atoms with E-state index in [1.165, 1.54) is 12.1 Å². The SMILES string of the molecule is COc1ccc(/C(C#N)=C/c2cc(Br)ccc2OCc2cccc(F)c2)cc1. The van der Waals surface area contributed by atoms with Gasteiger partial charge in [0.05, 0.1) is 18.8 Å². The number of halogens is 2. The van der Waals surface area contributed by atoms with Gasteiger partial charge < -0.3 is 9.47 Å². The van der Waals surface area contributed by atoms with E-state index in [0.29, 0.717) is 11.3 Å². The van der Waals surface area contributed by atoms with Gasteiger partial charge in [0.25, 0.3) is 0 Å². The van der Waals surface area contributed by atoms with Crippen molar-refractivity contribution in [1.82, 2.24) is 0 Å². The summed E-state index contributed by atoms with van der Waals surface area (Å²) >= 11 is 3.46. The van der Waals surface area contributed by atoms with Crippen molar-refractivity contribution in [1.29, 1.82) is 5.26 Å². The number of methoxy groups -OCH3 is 1. The van der Waals surface area contributed by atoms with Crippen molar-refractivity contribution < 1.29 is 13.9 Å². The van der Waals surface area contributed by atoms with Gasteiger partial charge >= 0.3 is 0 Å². The van der Waals surface area contributed by atoms with Crippen LogP contribution in [0.25, 0.3) is 11.6 Å². The van der Waals surface area contributed by atoms with Gasteiger partial charge in [-0.25, -0.2) is 4.39 Å². The van der Waals surface area contributed by atoms with E-state index in [1.807, 2.05) is 42.5 Å². The lowest BCUT2D eigenvalue weighted by Gasteiger charge is -2.11. The first-order chi connectivity index (χ1) is 13.6. The Morgan fingerprint density at radius 2 is 1.89 bits per heavy atom. The molecular formula is C23H17BrFNO2. The van der Waals surface area contributed by atoms with E-state index in [1.54, 1.807) is 25.3 Å². The summed E-state index contributed by atoms with van der Waals surface area (Å²) < 4.78 is 25.3. The van der Waals surface area contributed by atoms with Gasteiger partial charge in [-0.15, -0.1) is 0 Å². The van der Waals surface area contributed by atoms with Crippen LogP contribution in [0.2, 0.25) is 0 Å². The Morgan fingerprint density at radius 3 is 2.57 bits per heavy atom. The van der Waals surface area contributed by atoms with Crippen LogP contribution in [-0.4, -0.2) is 7.11 Å². The summed E-state index contributed by atoms with van der Waals surface area (Å²) in [6.07, 6.45) is 1.77. The van der Waals surface area contributed by atoms with Crippen LogP contribution in [0.4, 0.5) is 4.39 Å². The molecule has 5 heteroatoms. The van der Waals surface area contributed by atoms with E-state index < -0.39 is 0 Å². The van der Waals surface area contributed by atoms with Gasteiger partial charge in [-0.05, 0) is 71.8 Å². The summed E-state index contributed by atoms with van der Waals surface area (Å²) in [5.41, 5.74) is 2.75. The van der Waals surface area contributed by atoms with Crippen molar-refractivity contribution in [2.45, 2.75) is 6.61 Å². The van der Waals surface area contributed by atoms with Gasteiger partial charge in [-0.3, -0.25) is 0 Å². The molecule has 0 aliphatic heterocycles. The maximum Gasteiger partial charge on any atom is 0.127 e. The molecule has 3 aromatic carbocycles. The molecule has 28 heavy (non-hydrogen) atoms. The third-order valence-corrected chi connectivity index (χ3v) is 4.57. The molecule has 0 spiro atoms. The van der Waals surface area contributed by atoms with Gasteiger partial charge in [-0.1, -0.05) is 28.1 Å². The molecule has 0 bridgehead atoms. The minimum atomic E-state index is -0.303. The number of benzene rings is 3. The van der Waals surface area contributed by atoms with E-state index in [4.69, 9.17) is 9.47 Å². The van der Waals surface area contributed by atoms with Crippen LogP contribution in [0.3, 0.4) is 0 Å². The van der Waals surface area contributed by atoms with Crippen molar-refractivity contribution in [2.24, 2.45) is 0 Å². The molecule has 0 heterocycles. The normalized spacial score (nSPS) is 11.0. The summed E-state index contributed by atoms with van der Waals surface area (Å²) in [7, 11) is 1.60. The molecule has 0 N–H and O–H groups in total. The van der Waals surface area contributed by atoms with Crippen LogP contribution in [-0.2, 0) is 6.61 Å². The van der Waals surface area contributed by atoms with Crippen molar-refractivity contribution in [2.75, 3.05) is 7.11 Å². The highest BCUT2D eigenvalue weighted by Gasteiger charge is 2.08. The molecule has 0 aliphatic rings. The third kappa shape index (κ3) is 4.99. The fourth-order valence-corrected chi connectivity index (χ4v) is 3.04. The van der Waals surface area contributed by atoms with E-state index in [0.717, 1.165) is 26.9 Å². The first kappa shape index (κ1) is 19.7. The van der Waals surface area contributed by atoms with E-state index in [2.05, 4.69) is 22.0 Å². The number of allylic oxidation sites excluding steroid dienone is 1. The Morgan fingerprint density at radius 1 is 1.11 bits per heavy atom. The van der Waals surface area contributed by atoms with Crippen molar-refractivity contribution in [3.05, 3.63) is 93.7 Å². The van der Waals surface area contributed by atoms with Gasteiger partial charge in [0.15, 0.2) is 0 Å². The predicted molar refractivity (Wildman–Crippen MR) is 111 cm³/mol. The summed E-state index contributed by atoms with van der Waals surface area (Å²) in [4.78, 5) is 0. The minimum Gasteiger partial charge on any atom is -0.497 e. The van der Waals surface area contributed by atoms with Crippen molar-refractivity contribution >= 4 is 27.6 Å². The number of ether oxygens (including phenoxy) is 2. The van der Waals surface area contributed by atoms with Gasteiger partial charge in [0, 0.05) is 10.0 Å². The zero-order chi connectivity index (χ0) is 19.9. The van der Waals surface area contributed by atoms with Crippen LogP contribution < -0.4 is 9.47 Å². The first-order valence-electron chi connectivity index (χ1n) is 8.52. The molecular weight excluding hydrogens is 421 g/mol. The fraction of sp³-hybridized carbons (Fsp3) is 0.0870. The van der Waals surface area contributed by atoms with E-state index in [9.17, 15) is 9.65 Å². The molecule has 0 fully saturated rings. The van der Waals surface area contributed by atoms with Crippen LogP contribution >= 0.6 is 15.9 Å². The minimum absolute atomic E-state index is 0.227. The molecule has 0 unspecified atom stereocenters. The molecule has 0 amide bonds. The highest BCUT2D eigenvalue weighted by molar-refractivity contribution is 9.10. The van der Waals surface area contributed by atoms with Crippen molar-refractivity contribution in [3.63, 3.8) is 0 Å². The standard InChI is InChI=1S/C23H17BrFNO2/c1-27-22-8-5-17(6-9-22)19(14-26)12-18-13-20(24)7-10-23(18)28-15-16-3-2-4-21(25)11-16/h2-13H,15H2,1H3/b19-12+. The maximum absolute atomic E-state index is 13.4. The fourth-order valence-electron chi connectivity index (χ4n) is 2.66. The molecule has 3 rings (SSSR count). The maximum atomic E-state index is 13.4. The van der Waals surface area contributed by atoms with Crippen LogP contribution in [0.1, 0.15) is 16.7 Å². The second-order valence-corrected chi connectivity index (χ2v) is 6.91. The Bertz CT molecular complexity index is 1040. The molecule has 0 radical (unpaired) electrons. The molecule has 140 valence electrons. The number of nitriles is 1. The lowest BCUT2D eigenvalue weighted by molar-refractivity contribution is 0.305. The first-order valence-corrected chi connectivity index (χ1v) is 9.31. The second kappa shape index (κ2) is 9.20. The molecule has 0 saturated carbocycles. The zero-order valence-electron chi connectivity index (χ0n) is 15.2. The third-order valence-electron chi connectivity index (χ3n) is 4.08. The number of hydrogen-bond donors (Lipinski definition) is 0. The smallest absolute Gasteiger partial charge is 0.127 e. The Kier molecular flexibility index (Phi) is 6.46. The van der Waals surface area contributed by atoms with Crippen LogP contribution in [0.15, 0.2) is 71.2 Å². The van der Waals surface area contributed by atoms with E-state index >= 15 is 0 Å². The van der Waals surface area contributed by atoms with E-state index in [-0.39, 0.29) is 12.4 Å². The molecule has 3 nitrogen and oxygen atoms in total. The average Bonchev–Trinajstić information content (AvgIpc) is 2.71. The Balaban J connectivity index is 1.90. The quantitative estimate of drug-likeness (QED) is 0.338. The zero-order valence-corrected chi connectivity index (χ0v) is 16.7. The molecule has 0 aliphatic carbocycles. The molecule has 0 aromatic heterocycles. The summed E-state index contributed by atoms with van der Waals surface area (Å²) in [6, 6.07) is 21.3. The second-order valence-electron chi connectivity index (χ2n) is 6.00. The van der Waals surface area contributed by atoms with Crippen LogP contribution in [0, 0.1) is 17.1 Å². The summed E-state index contributed by atoms with van der Waals surface area (Å²) in [5.74, 6) is 1.03. The average molecular weight is 438 g/mol. The lowest BCUT2D eigenvalue weighted by atomic mass is 10.0. The largest absolute Gasteiger partial charge is 0.497 e. The topological polar surface area (TPSA) is 42.2 Å². The Hall–Kier alpha value is -3.10. The monoisotopic (exact) mass is 437 g/mol. The van der Waals surface area contributed by atoms with Gasteiger partial charge in [0.2, 0.25) is 0 Å². The highest BCUT2D eigenvalue weighted by atomic mass is 79.9. The number of hydrogen-bond acceptors (Lipinski definition) is 3. The lowest BCUT2D eigenvalue weighted by Crippen LogP contribution is -1.98. The number of nitrogens with zero attached hydrogens (tertiary/aromatic N) is 1. The highest BCUT2D eigenvalue weighted by Crippen LogP contribution is 2.29. The van der Waals surface area contributed by atoms with Gasteiger partial charge in [-0.2, -0.15) is 5.26 Å². The Labute approximate surface area is 171 Å². The van der Waals surface area contributed by atoms with Crippen molar-refractivity contribution in [3.8, 4) is 17.6 Å². The van der Waals surface area contributed by atoms with Gasteiger partial charge in [0.1, 0.15) is 23.9 Å². The number of rotatable bonds is 6. The predicted octanol–water partition coefficient (Wildman–Crippen LogP) is 6.24.